The van der Waals surface area contributed by atoms with E-state index in [1.54, 1.807) is 18.2 Å². The van der Waals surface area contributed by atoms with Crippen molar-refractivity contribution < 1.29 is 24.2 Å². The molecule has 0 aliphatic heterocycles. The number of benzene rings is 2. The molecular formula is C28H28Cl2N6O5. The fraction of sp³-hybridized carbons (Fsp3) is 0.250. The van der Waals surface area contributed by atoms with Crippen molar-refractivity contribution in [2.75, 3.05) is 53.4 Å². The number of carboxylic acid groups (broad SMARTS) is 1. The number of anilines is 1. The maximum Gasteiger partial charge on any atom is 0.337 e. The molecule has 11 nitrogen and oxygen atoms in total. The Balaban J connectivity index is 1.98. The topological polar surface area (TPSA) is 144 Å². The van der Waals surface area contributed by atoms with Gasteiger partial charge in [0.25, 0.3) is 5.91 Å². The van der Waals surface area contributed by atoms with E-state index in [0.717, 1.165) is 6.54 Å². The van der Waals surface area contributed by atoms with Crippen molar-refractivity contribution in [3.63, 3.8) is 0 Å². The van der Waals surface area contributed by atoms with E-state index in [0.29, 0.717) is 29.1 Å². The van der Waals surface area contributed by atoms with E-state index in [2.05, 4.69) is 9.97 Å². The summed E-state index contributed by atoms with van der Waals surface area (Å²) in [6.07, 6.45) is 1.37. The first-order chi connectivity index (χ1) is 19.5. The number of primary amides is 1. The number of carbonyl (C=O) groups excluding carboxylic acids is 1. The van der Waals surface area contributed by atoms with Gasteiger partial charge < -0.3 is 30.1 Å². The van der Waals surface area contributed by atoms with Crippen LogP contribution in [0.15, 0.2) is 36.5 Å². The lowest BCUT2D eigenvalue weighted by Crippen LogP contribution is -2.29. The van der Waals surface area contributed by atoms with Gasteiger partial charge in [-0.2, -0.15) is 0 Å². The first kappa shape index (κ1) is 29.8. The minimum atomic E-state index is -1.20. The van der Waals surface area contributed by atoms with Gasteiger partial charge in [-0.1, -0.05) is 29.3 Å². The highest BCUT2D eigenvalue weighted by molar-refractivity contribution is 6.41. The van der Waals surface area contributed by atoms with Crippen molar-refractivity contribution in [1.82, 2.24) is 19.9 Å². The summed E-state index contributed by atoms with van der Waals surface area (Å²) < 4.78 is 10.8. The molecule has 0 radical (unpaired) electrons. The molecule has 4 aromatic rings. The second-order valence-corrected chi connectivity index (χ2v) is 10.1. The molecule has 2 aromatic carbocycles. The van der Waals surface area contributed by atoms with Crippen molar-refractivity contribution in [3.05, 3.63) is 57.8 Å². The Bertz CT molecular complexity index is 1640. The summed E-state index contributed by atoms with van der Waals surface area (Å²) in [4.78, 5) is 42.2. The molecule has 0 saturated heterocycles. The number of fused-ring (bicyclic) bond motifs is 1. The molecule has 3 N–H and O–H groups in total. The van der Waals surface area contributed by atoms with Crippen LogP contribution < -0.4 is 20.1 Å². The minimum absolute atomic E-state index is 0.0112. The second-order valence-electron chi connectivity index (χ2n) is 9.36. The molecule has 0 unspecified atom stereocenters. The van der Waals surface area contributed by atoms with Crippen molar-refractivity contribution in [1.29, 1.82) is 0 Å². The molecule has 2 heterocycles. The van der Waals surface area contributed by atoms with E-state index in [1.807, 2.05) is 30.9 Å². The van der Waals surface area contributed by atoms with Crippen LogP contribution in [0, 0.1) is 0 Å². The largest absolute Gasteiger partial charge is 0.495 e. The molecule has 4 rings (SSSR count). The van der Waals surface area contributed by atoms with Gasteiger partial charge in [-0.05, 0) is 32.3 Å². The summed E-state index contributed by atoms with van der Waals surface area (Å²) in [6.45, 7) is 1.44. The summed E-state index contributed by atoms with van der Waals surface area (Å²) in [5.41, 5.74) is 7.13. The number of amides is 1. The molecule has 13 heteroatoms. The van der Waals surface area contributed by atoms with Crippen LogP contribution in [0.4, 0.5) is 5.82 Å². The molecule has 0 saturated carbocycles. The lowest BCUT2D eigenvalue weighted by Gasteiger charge is -2.21. The zero-order chi connectivity index (χ0) is 30.0. The Labute approximate surface area is 246 Å². The fourth-order valence-corrected chi connectivity index (χ4v) is 4.95. The van der Waals surface area contributed by atoms with E-state index in [4.69, 9.17) is 43.4 Å². The number of halogens is 2. The monoisotopic (exact) mass is 598 g/mol. The lowest BCUT2D eigenvalue weighted by atomic mass is 9.99. The average molecular weight is 599 g/mol. The number of likely N-dealkylation sites (N-methyl/N-ethyl adjacent to an activating group) is 2. The Morgan fingerprint density at radius 2 is 1.56 bits per heavy atom. The van der Waals surface area contributed by atoms with Gasteiger partial charge in [-0.25, -0.2) is 14.8 Å². The van der Waals surface area contributed by atoms with E-state index in [9.17, 15) is 14.7 Å². The van der Waals surface area contributed by atoms with Crippen molar-refractivity contribution in [2.45, 2.75) is 0 Å². The first-order valence-corrected chi connectivity index (χ1v) is 13.0. The summed E-state index contributed by atoms with van der Waals surface area (Å²) in [5.74, 6) is -0.830. The Morgan fingerprint density at radius 3 is 2.12 bits per heavy atom. The maximum atomic E-state index is 12.5. The quantitative estimate of drug-likeness (QED) is 0.268. The van der Waals surface area contributed by atoms with Gasteiger partial charge in [0.1, 0.15) is 28.5 Å². The number of hydrogen-bond donors (Lipinski definition) is 2. The molecule has 0 atom stereocenters. The van der Waals surface area contributed by atoms with Gasteiger partial charge in [-0.15, -0.1) is 0 Å². The Hall–Kier alpha value is -4.19. The number of rotatable bonds is 10. The third-order valence-electron chi connectivity index (χ3n) is 6.44. The number of nitrogens with zero attached hydrogens (tertiary/aromatic N) is 5. The van der Waals surface area contributed by atoms with Crippen LogP contribution >= 0.6 is 23.2 Å². The highest BCUT2D eigenvalue weighted by Crippen LogP contribution is 2.47. The number of carbonyl (C=O) groups is 2. The fourth-order valence-electron chi connectivity index (χ4n) is 4.25. The van der Waals surface area contributed by atoms with Crippen LogP contribution in [0.3, 0.4) is 0 Å². The smallest absolute Gasteiger partial charge is 0.337 e. The lowest BCUT2D eigenvalue weighted by molar-refractivity contribution is 0.0698. The number of methoxy groups -OCH3 is 2. The van der Waals surface area contributed by atoms with Crippen molar-refractivity contribution in [3.8, 4) is 33.9 Å². The summed E-state index contributed by atoms with van der Waals surface area (Å²) >= 11 is 13.4. The maximum absolute atomic E-state index is 12.5. The van der Waals surface area contributed by atoms with Crippen LogP contribution in [0.5, 0.6) is 11.5 Å². The van der Waals surface area contributed by atoms with Crippen molar-refractivity contribution >= 4 is 51.9 Å². The predicted octanol–water partition coefficient (Wildman–Crippen LogP) is 4.48. The number of hydrogen-bond acceptors (Lipinski definition) is 9. The number of aromatic nitrogens is 3. The molecule has 2 aromatic heterocycles. The summed E-state index contributed by atoms with van der Waals surface area (Å²) in [6, 6.07) is 7.90. The van der Waals surface area contributed by atoms with E-state index in [1.165, 1.54) is 32.5 Å². The summed E-state index contributed by atoms with van der Waals surface area (Å²) in [5, 5.41) is 10.2. The van der Waals surface area contributed by atoms with E-state index >= 15 is 0 Å². The van der Waals surface area contributed by atoms with Gasteiger partial charge >= 0.3 is 5.97 Å². The third kappa shape index (κ3) is 5.83. The third-order valence-corrected chi connectivity index (χ3v) is 7.19. The Morgan fingerprint density at radius 1 is 0.927 bits per heavy atom. The standard InChI is InChI=1S/C28H28Cl2N6O5/c1-35(2)10-11-36(3)20-9-8-14(26(34-20)27(31)37)17-13-32-24-16(28(38)39)7-6-15(25(24)33-17)21-22(29)18(40-4)12-19(41-5)23(21)30/h6-9,12-13H,10-11H2,1-5H3,(H2,31,37)(H,38,39). The highest BCUT2D eigenvalue weighted by Gasteiger charge is 2.24. The highest BCUT2D eigenvalue weighted by atomic mass is 35.5. The molecular weight excluding hydrogens is 571 g/mol. The zero-order valence-electron chi connectivity index (χ0n) is 23.0. The van der Waals surface area contributed by atoms with Crippen LogP contribution in [0.2, 0.25) is 10.0 Å². The van der Waals surface area contributed by atoms with Gasteiger partial charge in [-0.3, -0.25) is 9.78 Å². The molecule has 0 fully saturated rings. The number of carboxylic acids is 1. The second kappa shape index (κ2) is 12.1. The molecule has 214 valence electrons. The molecule has 0 bridgehead atoms. The number of aromatic carboxylic acids is 1. The van der Waals surface area contributed by atoms with Crippen LogP contribution in [0.1, 0.15) is 20.8 Å². The van der Waals surface area contributed by atoms with Crippen molar-refractivity contribution in [2.24, 2.45) is 5.73 Å². The normalized spacial score (nSPS) is 11.1. The molecule has 0 aliphatic carbocycles. The number of ether oxygens (including phenoxy) is 2. The minimum Gasteiger partial charge on any atom is -0.495 e. The summed E-state index contributed by atoms with van der Waals surface area (Å²) in [7, 11) is 8.68. The Kier molecular flexibility index (Phi) is 8.81. The van der Waals surface area contributed by atoms with Crippen LogP contribution in [0.25, 0.3) is 33.4 Å². The molecule has 0 aliphatic rings. The van der Waals surface area contributed by atoms with Crippen LogP contribution in [-0.4, -0.2) is 85.3 Å². The number of pyridine rings is 1. The SMILES string of the molecule is COc1cc(OC)c(Cl)c(-c2ccc(C(=O)O)c3ncc(-c4ccc(N(C)CCN(C)C)nc4C(N)=O)nc23)c1Cl. The predicted molar refractivity (Wildman–Crippen MR) is 159 cm³/mol. The van der Waals surface area contributed by atoms with E-state index < -0.39 is 11.9 Å². The average Bonchev–Trinajstić information content (AvgIpc) is 2.95. The van der Waals surface area contributed by atoms with Gasteiger partial charge in [0.05, 0.1) is 47.2 Å². The van der Waals surface area contributed by atoms with Crippen LogP contribution in [-0.2, 0) is 0 Å². The zero-order valence-corrected chi connectivity index (χ0v) is 24.5. The molecule has 41 heavy (non-hydrogen) atoms. The van der Waals surface area contributed by atoms with Gasteiger partial charge in [0.15, 0.2) is 0 Å². The molecule has 0 spiro atoms. The first-order valence-electron chi connectivity index (χ1n) is 12.3. The van der Waals surface area contributed by atoms with E-state index in [-0.39, 0.29) is 49.5 Å². The number of nitrogens with two attached hydrogens (primary N) is 1. The molecule has 1 amide bonds. The van der Waals surface area contributed by atoms with Gasteiger partial charge in [0, 0.05) is 42.9 Å². The van der Waals surface area contributed by atoms with Gasteiger partial charge in [0.2, 0.25) is 0 Å².